The molecular weight excluding hydrogens is 176 g/mol. The van der Waals surface area contributed by atoms with Crippen molar-refractivity contribution in [1.29, 1.82) is 0 Å². The molecule has 0 unspecified atom stereocenters. The second-order valence-electron chi connectivity index (χ2n) is 3.40. The molecule has 0 aliphatic heterocycles. The Balaban J connectivity index is 2.78. The van der Waals surface area contributed by atoms with Crippen molar-refractivity contribution in [1.82, 2.24) is 0 Å². The zero-order chi connectivity index (χ0) is 9.68. The molecule has 0 amide bonds. The van der Waals surface area contributed by atoms with Gasteiger partial charge in [0, 0.05) is 4.90 Å². The Labute approximate surface area is 85.7 Å². The van der Waals surface area contributed by atoms with Crippen LogP contribution in [0.25, 0.3) is 0 Å². The van der Waals surface area contributed by atoms with Crippen molar-refractivity contribution in [3.05, 3.63) is 29.3 Å². The molecule has 0 saturated heterocycles. The molecule has 72 valence electrons. The van der Waals surface area contributed by atoms with Crippen molar-refractivity contribution in [3.63, 3.8) is 0 Å². The summed E-state index contributed by atoms with van der Waals surface area (Å²) in [6, 6.07) is 6.77. The number of aryl methyl sites for hydroxylation is 2. The fourth-order valence-electron chi connectivity index (χ4n) is 1.41. The summed E-state index contributed by atoms with van der Waals surface area (Å²) in [5.41, 5.74) is 2.96. The number of hydrogen-bond donors (Lipinski definition) is 0. The minimum Gasteiger partial charge on any atom is -0.130 e. The molecule has 13 heavy (non-hydrogen) atoms. The fourth-order valence-corrected chi connectivity index (χ4v) is 1.88. The monoisotopic (exact) mass is 194 g/mol. The van der Waals surface area contributed by atoms with Crippen molar-refractivity contribution in [2.75, 3.05) is 6.26 Å². The quantitative estimate of drug-likeness (QED) is 0.651. The molecule has 0 aliphatic rings. The fraction of sp³-hybridized carbons (Fsp3) is 0.500. The Morgan fingerprint density at radius 3 is 2.69 bits per heavy atom. The standard InChI is InChI=1S/C12H18S/c1-4-5-6-11-9-12(13-3)8-7-10(11)2/h7-9H,4-6H2,1-3H3. The molecule has 0 heterocycles. The van der Waals surface area contributed by atoms with Gasteiger partial charge in [0.2, 0.25) is 0 Å². The topological polar surface area (TPSA) is 0 Å². The maximum absolute atomic E-state index is 2.33. The number of rotatable bonds is 4. The van der Waals surface area contributed by atoms with Gasteiger partial charge < -0.3 is 0 Å². The first-order valence-corrected chi connectivity index (χ1v) is 6.14. The van der Waals surface area contributed by atoms with Crippen molar-refractivity contribution in [3.8, 4) is 0 Å². The van der Waals surface area contributed by atoms with Crippen LogP contribution in [0.2, 0.25) is 0 Å². The first-order valence-electron chi connectivity index (χ1n) is 4.91. The third-order valence-electron chi connectivity index (χ3n) is 2.36. The molecular formula is C12H18S. The molecule has 0 aliphatic carbocycles. The van der Waals surface area contributed by atoms with Crippen LogP contribution in [0.15, 0.2) is 23.1 Å². The lowest BCUT2D eigenvalue weighted by Crippen LogP contribution is -1.89. The summed E-state index contributed by atoms with van der Waals surface area (Å²) < 4.78 is 0. The lowest BCUT2D eigenvalue weighted by Gasteiger charge is -2.06. The van der Waals surface area contributed by atoms with Crippen LogP contribution < -0.4 is 0 Å². The highest BCUT2D eigenvalue weighted by atomic mass is 32.2. The molecule has 1 aromatic carbocycles. The minimum atomic E-state index is 1.23. The van der Waals surface area contributed by atoms with Crippen molar-refractivity contribution in [2.45, 2.75) is 38.0 Å². The van der Waals surface area contributed by atoms with Crippen LogP contribution >= 0.6 is 11.8 Å². The second kappa shape index (κ2) is 5.33. The summed E-state index contributed by atoms with van der Waals surface area (Å²) in [5, 5.41) is 0. The van der Waals surface area contributed by atoms with Crippen LogP contribution in [0, 0.1) is 6.92 Å². The Kier molecular flexibility index (Phi) is 4.37. The van der Waals surface area contributed by atoms with Crippen molar-refractivity contribution in [2.24, 2.45) is 0 Å². The normalized spacial score (nSPS) is 10.4. The van der Waals surface area contributed by atoms with Crippen LogP contribution in [0.5, 0.6) is 0 Å². The van der Waals surface area contributed by atoms with Gasteiger partial charge in [-0.25, -0.2) is 0 Å². The molecule has 0 aromatic heterocycles. The van der Waals surface area contributed by atoms with Gasteiger partial charge in [0.25, 0.3) is 0 Å². The summed E-state index contributed by atoms with van der Waals surface area (Å²) in [5.74, 6) is 0. The van der Waals surface area contributed by atoms with Crippen LogP contribution in [0.1, 0.15) is 30.9 Å². The molecule has 0 radical (unpaired) electrons. The first kappa shape index (κ1) is 10.6. The van der Waals surface area contributed by atoms with Gasteiger partial charge in [-0.15, -0.1) is 11.8 Å². The summed E-state index contributed by atoms with van der Waals surface area (Å²) in [7, 11) is 0. The van der Waals surface area contributed by atoms with E-state index in [1.54, 1.807) is 0 Å². The molecule has 0 N–H and O–H groups in total. The summed E-state index contributed by atoms with van der Waals surface area (Å²) in [4.78, 5) is 1.39. The Morgan fingerprint density at radius 1 is 1.31 bits per heavy atom. The van der Waals surface area contributed by atoms with Crippen LogP contribution in [0.3, 0.4) is 0 Å². The highest BCUT2D eigenvalue weighted by molar-refractivity contribution is 7.98. The van der Waals surface area contributed by atoms with Gasteiger partial charge in [0.05, 0.1) is 0 Å². The SMILES string of the molecule is CCCCc1cc(SC)ccc1C. The maximum atomic E-state index is 2.33. The smallest absolute Gasteiger partial charge is 0.00720 e. The van der Waals surface area contributed by atoms with Gasteiger partial charge in [-0.2, -0.15) is 0 Å². The van der Waals surface area contributed by atoms with E-state index in [2.05, 4.69) is 38.3 Å². The number of benzene rings is 1. The van der Waals surface area contributed by atoms with Gasteiger partial charge in [0.15, 0.2) is 0 Å². The van der Waals surface area contributed by atoms with Gasteiger partial charge in [-0.3, -0.25) is 0 Å². The van der Waals surface area contributed by atoms with E-state index in [1.165, 1.54) is 35.3 Å². The first-order chi connectivity index (χ1) is 6.27. The Hall–Kier alpha value is -0.430. The zero-order valence-electron chi connectivity index (χ0n) is 8.76. The molecule has 0 atom stereocenters. The largest absolute Gasteiger partial charge is 0.130 e. The molecule has 0 fully saturated rings. The maximum Gasteiger partial charge on any atom is 0.00720 e. The van der Waals surface area contributed by atoms with E-state index in [0.29, 0.717) is 0 Å². The highest BCUT2D eigenvalue weighted by Crippen LogP contribution is 2.20. The van der Waals surface area contributed by atoms with E-state index in [0.717, 1.165) is 0 Å². The zero-order valence-corrected chi connectivity index (χ0v) is 9.58. The molecule has 1 heteroatoms. The molecule has 0 saturated carbocycles. The molecule has 0 spiro atoms. The summed E-state index contributed by atoms with van der Waals surface area (Å²) in [6.45, 7) is 4.45. The average molecular weight is 194 g/mol. The van der Waals surface area contributed by atoms with Crippen molar-refractivity contribution < 1.29 is 0 Å². The molecule has 0 bridgehead atoms. The van der Waals surface area contributed by atoms with Gasteiger partial charge in [-0.1, -0.05) is 19.4 Å². The van der Waals surface area contributed by atoms with E-state index in [9.17, 15) is 0 Å². The Bertz CT molecular complexity index is 266. The van der Waals surface area contributed by atoms with Gasteiger partial charge in [0.1, 0.15) is 0 Å². The van der Waals surface area contributed by atoms with E-state index in [4.69, 9.17) is 0 Å². The van der Waals surface area contributed by atoms with Crippen LogP contribution in [-0.2, 0) is 6.42 Å². The Morgan fingerprint density at radius 2 is 2.08 bits per heavy atom. The number of thioether (sulfide) groups is 1. The molecule has 1 aromatic rings. The van der Waals surface area contributed by atoms with Gasteiger partial charge >= 0.3 is 0 Å². The number of unbranched alkanes of at least 4 members (excludes halogenated alkanes) is 1. The van der Waals surface area contributed by atoms with Crippen molar-refractivity contribution >= 4 is 11.8 Å². The van der Waals surface area contributed by atoms with E-state index >= 15 is 0 Å². The minimum absolute atomic E-state index is 1.23. The highest BCUT2D eigenvalue weighted by Gasteiger charge is 1.99. The van der Waals surface area contributed by atoms with Gasteiger partial charge in [-0.05, 0) is 49.3 Å². The molecule has 0 nitrogen and oxygen atoms in total. The molecule has 1 rings (SSSR count). The predicted octanol–water partition coefficient (Wildman–Crippen LogP) is 4.06. The van der Waals surface area contributed by atoms with E-state index < -0.39 is 0 Å². The summed E-state index contributed by atoms with van der Waals surface area (Å²) >= 11 is 1.83. The number of hydrogen-bond acceptors (Lipinski definition) is 1. The lowest BCUT2D eigenvalue weighted by atomic mass is 10.0. The second-order valence-corrected chi connectivity index (χ2v) is 4.28. The predicted molar refractivity (Wildman–Crippen MR) is 61.6 cm³/mol. The lowest BCUT2D eigenvalue weighted by molar-refractivity contribution is 0.789. The third-order valence-corrected chi connectivity index (χ3v) is 3.08. The third kappa shape index (κ3) is 3.07. The van der Waals surface area contributed by atoms with E-state index in [-0.39, 0.29) is 0 Å². The van der Waals surface area contributed by atoms with Crippen LogP contribution in [0.4, 0.5) is 0 Å². The summed E-state index contributed by atoms with van der Waals surface area (Å²) in [6.07, 6.45) is 5.95. The average Bonchev–Trinajstić information content (AvgIpc) is 2.17. The van der Waals surface area contributed by atoms with E-state index in [1.807, 2.05) is 11.8 Å². The van der Waals surface area contributed by atoms with Crippen LogP contribution in [-0.4, -0.2) is 6.26 Å².